The molecule has 0 aliphatic carbocycles. The number of nitrogens with one attached hydrogen (secondary N) is 1. The van der Waals surface area contributed by atoms with Crippen molar-refractivity contribution in [2.75, 3.05) is 11.9 Å². The van der Waals surface area contributed by atoms with Crippen LogP contribution in [0.15, 0.2) is 24.3 Å². The summed E-state index contributed by atoms with van der Waals surface area (Å²) in [6, 6.07) is 10.0. The van der Waals surface area contributed by atoms with Crippen LogP contribution in [0.25, 0.3) is 0 Å². The second-order valence-electron chi connectivity index (χ2n) is 3.88. The van der Waals surface area contributed by atoms with Crippen molar-refractivity contribution in [3.05, 3.63) is 24.3 Å². The molecule has 0 saturated heterocycles. The Morgan fingerprint density at radius 1 is 1.31 bits per heavy atom. The molecule has 0 aromatic heterocycles. The van der Waals surface area contributed by atoms with Crippen LogP contribution in [0.3, 0.4) is 0 Å². The molecule has 0 aliphatic heterocycles. The van der Waals surface area contributed by atoms with Gasteiger partial charge >= 0.3 is 0 Å². The zero-order valence-corrected chi connectivity index (χ0v) is 9.86. The Kier molecular flexibility index (Phi) is 5.21. The van der Waals surface area contributed by atoms with Gasteiger partial charge in [-0.2, -0.15) is 5.26 Å². The van der Waals surface area contributed by atoms with Gasteiger partial charge < -0.3 is 10.1 Å². The lowest BCUT2D eigenvalue weighted by Gasteiger charge is -2.10. The minimum absolute atomic E-state index is 0.203. The van der Waals surface area contributed by atoms with Gasteiger partial charge in [-0.25, -0.2) is 0 Å². The van der Waals surface area contributed by atoms with Gasteiger partial charge in [0.15, 0.2) is 0 Å². The fraction of sp³-hybridized carbons (Fsp3) is 0.462. The van der Waals surface area contributed by atoms with E-state index in [-0.39, 0.29) is 6.10 Å². The molecule has 0 saturated carbocycles. The first-order valence-electron chi connectivity index (χ1n) is 5.60. The summed E-state index contributed by atoms with van der Waals surface area (Å²) in [5, 5.41) is 11.6. The molecular formula is C13H18N2O. The topological polar surface area (TPSA) is 45.0 Å². The summed E-state index contributed by atoms with van der Waals surface area (Å²) < 4.78 is 5.54. The Balaban J connectivity index is 2.37. The van der Waals surface area contributed by atoms with Crippen LogP contribution in [-0.4, -0.2) is 12.6 Å². The third-order valence-corrected chi connectivity index (χ3v) is 2.02. The second kappa shape index (κ2) is 6.73. The molecule has 0 radical (unpaired) electrons. The van der Waals surface area contributed by atoms with E-state index in [0.717, 1.165) is 24.4 Å². The third-order valence-electron chi connectivity index (χ3n) is 2.02. The number of unbranched alkanes of at least 4 members (excludes halogenated alkanes) is 1. The molecule has 0 amide bonds. The summed E-state index contributed by atoms with van der Waals surface area (Å²) in [6.45, 7) is 4.85. The Bertz CT molecular complexity index is 338. The minimum atomic E-state index is 0.203. The van der Waals surface area contributed by atoms with E-state index in [1.165, 1.54) is 0 Å². The highest BCUT2D eigenvalue weighted by atomic mass is 16.5. The number of hydrogen-bond donors (Lipinski definition) is 1. The van der Waals surface area contributed by atoms with Crippen molar-refractivity contribution < 1.29 is 4.74 Å². The molecule has 1 aromatic carbocycles. The first-order valence-corrected chi connectivity index (χ1v) is 5.60. The molecule has 1 N–H and O–H groups in total. The number of hydrogen-bond acceptors (Lipinski definition) is 3. The highest BCUT2D eigenvalue weighted by Gasteiger charge is 1.97. The van der Waals surface area contributed by atoms with Gasteiger partial charge in [0.05, 0.1) is 12.2 Å². The van der Waals surface area contributed by atoms with Crippen molar-refractivity contribution in [2.24, 2.45) is 0 Å². The summed E-state index contributed by atoms with van der Waals surface area (Å²) >= 11 is 0. The van der Waals surface area contributed by atoms with Crippen LogP contribution in [0, 0.1) is 11.3 Å². The smallest absolute Gasteiger partial charge is 0.119 e. The lowest BCUT2D eigenvalue weighted by atomic mass is 10.2. The summed E-state index contributed by atoms with van der Waals surface area (Å²) in [6.07, 6.45) is 1.68. The lowest BCUT2D eigenvalue weighted by Crippen LogP contribution is -2.05. The Labute approximate surface area is 97.0 Å². The molecule has 1 aromatic rings. The summed E-state index contributed by atoms with van der Waals surface area (Å²) in [4.78, 5) is 0. The maximum Gasteiger partial charge on any atom is 0.119 e. The predicted molar refractivity (Wildman–Crippen MR) is 65.5 cm³/mol. The summed E-state index contributed by atoms with van der Waals surface area (Å²) in [5.74, 6) is 0.887. The van der Waals surface area contributed by atoms with E-state index in [2.05, 4.69) is 11.4 Å². The first-order chi connectivity index (χ1) is 7.72. The monoisotopic (exact) mass is 218 g/mol. The molecule has 1 rings (SSSR count). The largest absolute Gasteiger partial charge is 0.491 e. The number of rotatable bonds is 6. The van der Waals surface area contributed by atoms with Crippen molar-refractivity contribution in [3.63, 3.8) is 0 Å². The summed E-state index contributed by atoms with van der Waals surface area (Å²) in [7, 11) is 0. The standard InChI is InChI=1S/C13H18N2O/c1-11(2)16-13-7-5-12(6-8-13)15-10-4-3-9-14/h5-8,11,15H,3-4,10H2,1-2H3. The molecule has 3 nitrogen and oxygen atoms in total. The fourth-order valence-electron chi connectivity index (χ4n) is 1.32. The van der Waals surface area contributed by atoms with Gasteiger partial charge in [0.1, 0.15) is 5.75 Å². The van der Waals surface area contributed by atoms with Crippen molar-refractivity contribution in [2.45, 2.75) is 32.8 Å². The number of nitriles is 1. The van der Waals surface area contributed by atoms with Gasteiger partial charge in [-0.3, -0.25) is 0 Å². The van der Waals surface area contributed by atoms with Gasteiger partial charge in [0.25, 0.3) is 0 Å². The van der Waals surface area contributed by atoms with E-state index in [4.69, 9.17) is 10.00 Å². The highest BCUT2D eigenvalue weighted by Crippen LogP contribution is 2.16. The highest BCUT2D eigenvalue weighted by molar-refractivity contribution is 5.46. The van der Waals surface area contributed by atoms with Crippen LogP contribution in [0.1, 0.15) is 26.7 Å². The lowest BCUT2D eigenvalue weighted by molar-refractivity contribution is 0.242. The zero-order chi connectivity index (χ0) is 11.8. The third kappa shape index (κ3) is 4.70. The molecule has 86 valence electrons. The molecule has 0 fully saturated rings. The van der Waals surface area contributed by atoms with Gasteiger partial charge in [-0.05, 0) is 44.5 Å². The Hall–Kier alpha value is -1.69. The molecule has 16 heavy (non-hydrogen) atoms. The van der Waals surface area contributed by atoms with E-state index < -0.39 is 0 Å². The van der Waals surface area contributed by atoms with E-state index in [9.17, 15) is 0 Å². The normalized spacial score (nSPS) is 9.88. The zero-order valence-electron chi connectivity index (χ0n) is 9.86. The number of benzene rings is 1. The van der Waals surface area contributed by atoms with Crippen LogP contribution in [0.4, 0.5) is 5.69 Å². The molecule has 0 aliphatic rings. The Morgan fingerprint density at radius 2 is 2.00 bits per heavy atom. The predicted octanol–water partition coefficient (Wildman–Crippen LogP) is 3.19. The van der Waals surface area contributed by atoms with Crippen LogP contribution >= 0.6 is 0 Å². The molecule has 0 heterocycles. The number of nitrogens with zero attached hydrogens (tertiary/aromatic N) is 1. The maximum absolute atomic E-state index is 8.39. The van der Waals surface area contributed by atoms with Crippen molar-refractivity contribution in [1.29, 1.82) is 5.26 Å². The molecule has 0 atom stereocenters. The van der Waals surface area contributed by atoms with Crippen LogP contribution in [0.2, 0.25) is 0 Å². The summed E-state index contributed by atoms with van der Waals surface area (Å²) in [5.41, 5.74) is 1.06. The number of anilines is 1. The molecular weight excluding hydrogens is 200 g/mol. The van der Waals surface area contributed by atoms with Crippen LogP contribution < -0.4 is 10.1 Å². The molecule has 0 unspecified atom stereocenters. The van der Waals surface area contributed by atoms with Crippen molar-refractivity contribution in [1.82, 2.24) is 0 Å². The SMILES string of the molecule is CC(C)Oc1ccc(NCCCC#N)cc1. The van der Waals surface area contributed by atoms with Gasteiger partial charge in [0.2, 0.25) is 0 Å². The van der Waals surface area contributed by atoms with E-state index in [0.29, 0.717) is 6.42 Å². The van der Waals surface area contributed by atoms with E-state index in [1.54, 1.807) is 0 Å². The van der Waals surface area contributed by atoms with Crippen molar-refractivity contribution in [3.8, 4) is 11.8 Å². The molecule has 0 spiro atoms. The molecule has 0 bridgehead atoms. The van der Waals surface area contributed by atoms with Crippen LogP contribution in [-0.2, 0) is 0 Å². The Morgan fingerprint density at radius 3 is 2.56 bits per heavy atom. The van der Waals surface area contributed by atoms with Gasteiger partial charge in [-0.15, -0.1) is 0 Å². The van der Waals surface area contributed by atoms with Gasteiger partial charge in [0, 0.05) is 18.7 Å². The minimum Gasteiger partial charge on any atom is -0.491 e. The number of ether oxygens (including phenoxy) is 1. The average molecular weight is 218 g/mol. The van der Waals surface area contributed by atoms with Crippen molar-refractivity contribution >= 4 is 5.69 Å². The second-order valence-corrected chi connectivity index (χ2v) is 3.88. The average Bonchev–Trinajstić information content (AvgIpc) is 2.26. The molecule has 3 heteroatoms. The maximum atomic E-state index is 8.39. The van der Waals surface area contributed by atoms with Crippen LogP contribution in [0.5, 0.6) is 5.75 Å². The van der Waals surface area contributed by atoms with E-state index in [1.807, 2.05) is 38.1 Å². The first kappa shape index (κ1) is 12.4. The van der Waals surface area contributed by atoms with Gasteiger partial charge in [-0.1, -0.05) is 0 Å². The quantitative estimate of drug-likeness (QED) is 0.746. The fourth-order valence-corrected chi connectivity index (χ4v) is 1.32. The van der Waals surface area contributed by atoms with E-state index >= 15 is 0 Å².